The summed E-state index contributed by atoms with van der Waals surface area (Å²) in [5, 5.41) is 5.34. The highest BCUT2D eigenvalue weighted by atomic mass is 19.4. The molecular weight excluding hydrogens is 369 g/mol. The van der Waals surface area contributed by atoms with E-state index in [0.29, 0.717) is 11.6 Å². The fraction of sp³-hybridized carbons (Fsp3) is 0.150. The lowest BCUT2D eigenvalue weighted by molar-refractivity contribution is -0.136. The van der Waals surface area contributed by atoms with Crippen molar-refractivity contribution >= 4 is 23.1 Å². The highest BCUT2D eigenvalue weighted by Crippen LogP contribution is 2.34. The Morgan fingerprint density at radius 3 is 2.32 bits per heavy atom. The van der Waals surface area contributed by atoms with Crippen molar-refractivity contribution in [3.8, 4) is 0 Å². The van der Waals surface area contributed by atoms with Gasteiger partial charge in [-0.05, 0) is 38.1 Å². The lowest BCUT2D eigenvalue weighted by atomic mass is 10.1. The molecule has 0 aliphatic rings. The van der Waals surface area contributed by atoms with Crippen LogP contribution in [0.3, 0.4) is 0 Å². The number of amides is 1. The average Bonchev–Trinajstić information content (AvgIpc) is 2.63. The van der Waals surface area contributed by atoms with E-state index in [9.17, 15) is 18.0 Å². The van der Waals surface area contributed by atoms with E-state index in [0.717, 1.165) is 17.3 Å². The van der Waals surface area contributed by atoms with Gasteiger partial charge in [0, 0.05) is 11.8 Å². The molecule has 0 bridgehead atoms. The fourth-order valence-corrected chi connectivity index (χ4v) is 2.56. The van der Waals surface area contributed by atoms with E-state index in [4.69, 9.17) is 0 Å². The Morgan fingerprint density at radius 1 is 0.964 bits per heavy atom. The minimum absolute atomic E-state index is 0.0425. The number of hydrogen-bond acceptors (Lipinski definition) is 4. The van der Waals surface area contributed by atoms with Crippen LogP contribution in [0.25, 0.3) is 0 Å². The molecule has 0 fully saturated rings. The molecule has 3 aromatic rings. The predicted octanol–water partition coefficient (Wildman–Crippen LogP) is 5.11. The summed E-state index contributed by atoms with van der Waals surface area (Å²) in [6.45, 7) is 3.56. The maximum absolute atomic E-state index is 13.1. The van der Waals surface area contributed by atoms with Gasteiger partial charge in [0.05, 0.1) is 11.3 Å². The highest BCUT2D eigenvalue weighted by Gasteiger charge is 2.33. The molecule has 1 amide bonds. The molecule has 0 atom stereocenters. The van der Waals surface area contributed by atoms with Crippen LogP contribution in [0.4, 0.5) is 30.4 Å². The highest BCUT2D eigenvalue weighted by molar-refractivity contribution is 6.03. The zero-order valence-corrected chi connectivity index (χ0v) is 15.1. The Kier molecular flexibility index (Phi) is 5.30. The van der Waals surface area contributed by atoms with E-state index >= 15 is 0 Å². The van der Waals surface area contributed by atoms with E-state index < -0.39 is 17.6 Å². The molecule has 0 aliphatic heterocycles. The van der Waals surface area contributed by atoms with Crippen LogP contribution in [0.5, 0.6) is 0 Å². The first kappa shape index (κ1) is 19.3. The lowest BCUT2D eigenvalue weighted by Crippen LogP contribution is -2.18. The predicted molar refractivity (Wildman–Crippen MR) is 101 cm³/mol. The van der Waals surface area contributed by atoms with Gasteiger partial charge in [-0.15, -0.1) is 0 Å². The van der Waals surface area contributed by atoms with Gasteiger partial charge in [0.15, 0.2) is 0 Å². The van der Waals surface area contributed by atoms with Crippen molar-refractivity contribution in [2.75, 3.05) is 10.6 Å². The molecule has 144 valence electrons. The summed E-state index contributed by atoms with van der Waals surface area (Å²) < 4.78 is 39.3. The minimum atomic E-state index is -4.58. The van der Waals surface area contributed by atoms with E-state index in [1.54, 1.807) is 6.92 Å². The van der Waals surface area contributed by atoms with Crippen molar-refractivity contribution in [1.82, 2.24) is 9.97 Å². The molecule has 2 N–H and O–H groups in total. The van der Waals surface area contributed by atoms with Crippen LogP contribution in [0.2, 0.25) is 0 Å². The van der Waals surface area contributed by atoms with Gasteiger partial charge >= 0.3 is 6.18 Å². The second-order valence-electron chi connectivity index (χ2n) is 6.17. The molecule has 2 aromatic carbocycles. The number of anilines is 3. The van der Waals surface area contributed by atoms with Gasteiger partial charge in [-0.25, -0.2) is 9.97 Å². The number of aromatic nitrogens is 2. The Labute approximate surface area is 159 Å². The average molecular weight is 386 g/mol. The second kappa shape index (κ2) is 7.67. The molecule has 0 spiro atoms. The summed E-state index contributed by atoms with van der Waals surface area (Å²) in [6, 6.07) is 13.7. The summed E-state index contributed by atoms with van der Waals surface area (Å²) in [4.78, 5) is 20.7. The van der Waals surface area contributed by atoms with Gasteiger partial charge in [-0.1, -0.05) is 29.8 Å². The van der Waals surface area contributed by atoms with Crippen molar-refractivity contribution in [3.63, 3.8) is 0 Å². The molecule has 1 aromatic heterocycles. The number of nitrogens with one attached hydrogen (secondary N) is 2. The number of rotatable bonds is 4. The number of benzene rings is 2. The van der Waals surface area contributed by atoms with Crippen molar-refractivity contribution in [3.05, 3.63) is 77.2 Å². The van der Waals surface area contributed by atoms with Crippen molar-refractivity contribution in [2.24, 2.45) is 0 Å². The Bertz CT molecular complexity index is 1000. The summed E-state index contributed by atoms with van der Waals surface area (Å²) in [6.07, 6.45) is -4.58. The molecule has 1 heterocycles. The normalized spacial score (nSPS) is 11.2. The smallest absolute Gasteiger partial charge is 0.340 e. The van der Waals surface area contributed by atoms with Crippen LogP contribution in [0.15, 0.2) is 54.6 Å². The van der Waals surface area contributed by atoms with Crippen molar-refractivity contribution in [1.29, 1.82) is 0 Å². The van der Waals surface area contributed by atoms with Gasteiger partial charge in [0.1, 0.15) is 17.3 Å². The van der Waals surface area contributed by atoms with Gasteiger partial charge in [-0.2, -0.15) is 13.2 Å². The third kappa shape index (κ3) is 4.64. The molecule has 0 saturated heterocycles. The van der Waals surface area contributed by atoms with Crippen LogP contribution >= 0.6 is 0 Å². The minimum Gasteiger partial charge on any atom is -0.340 e. The topological polar surface area (TPSA) is 66.9 Å². The molecule has 28 heavy (non-hydrogen) atoms. The standard InChI is InChI=1S/C20H17F3N4O/c1-12-7-9-14(10-8-12)26-18-11-17(24-13(2)25-18)19(28)27-16-6-4-3-5-15(16)20(21,22)23/h3-11H,1-2H3,(H,27,28)(H,24,25,26). The van der Waals surface area contributed by atoms with Gasteiger partial charge in [0.2, 0.25) is 0 Å². The van der Waals surface area contributed by atoms with E-state index in [2.05, 4.69) is 20.6 Å². The van der Waals surface area contributed by atoms with Crippen LogP contribution in [-0.2, 0) is 6.18 Å². The molecule has 0 radical (unpaired) electrons. The number of halogens is 3. The van der Waals surface area contributed by atoms with Gasteiger partial charge in [0.25, 0.3) is 5.91 Å². The number of alkyl halides is 3. The molecular formula is C20H17F3N4O. The largest absolute Gasteiger partial charge is 0.418 e. The maximum Gasteiger partial charge on any atom is 0.418 e. The first-order chi connectivity index (χ1) is 13.2. The van der Waals surface area contributed by atoms with E-state index in [1.165, 1.54) is 24.3 Å². The first-order valence-electron chi connectivity index (χ1n) is 8.39. The Balaban J connectivity index is 1.85. The zero-order chi connectivity index (χ0) is 20.3. The van der Waals surface area contributed by atoms with Crippen molar-refractivity contribution < 1.29 is 18.0 Å². The molecule has 0 unspecified atom stereocenters. The number of aryl methyl sites for hydroxylation is 2. The third-order valence-electron chi connectivity index (χ3n) is 3.88. The lowest BCUT2D eigenvalue weighted by Gasteiger charge is -2.14. The molecule has 3 rings (SSSR count). The van der Waals surface area contributed by atoms with E-state index in [-0.39, 0.29) is 11.4 Å². The van der Waals surface area contributed by atoms with Gasteiger partial charge < -0.3 is 10.6 Å². The second-order valence-corrected chi connectivity index (χ2v) is 6.17. The summed E-state index contributed by atoms with van der Waals surface area (Å²) >= 11 is 0. The maximum atomic E-state index is 13.1. The van der Waals surface area contributed by atoms with Crippen LogP contribution < -0.4 is 10.6 Å². The number of hydrogen-bond donors (Lipinski definition) is 2. The van der Waals surface area contributed by atoms with Crippen LogP contribution in [0, 0.1) is 13.8 Å². The van der Waals surface area contributed by atoms with Gasteiger partial charge in [-0.3, -0.25) is 4.79 Å². The quantitative estimate of drug-likeness (QED) is 0.654. The molecule has 0 saturated carbocycles. The monoisotopic (exact) mass is 386 g/mol. The van der Waals surface area contributed by atoms with Crippen LogP contribution in [0.1, 0.15) is 27.4 Å². The molecule has 5 nitrogen and oxygen atoms in total. The first-order valence-corrected chi connectivity index (χ1v) is 8.39. The fourth-order valence-electron chi connectivity index (χ4n) is 2.56. The van der Waals surface area contributed by atoms with Crippen LogP contribution in [-0.4, -0.2) is 15.9 Å². The summed E-state index contributed by atoms with van der Waals surface area (Å²) in [5.41, 5.74) is 0.556. The Hall–Kier alpha value is -3.42. The van der Waals surface area contributed by atoms with E-state index in [1.807, 2.05) is 31.2 Å². The molecule has 0 aliphatic carbocycles. The van der Waals surface area contributed by atoms with Crippen molar-refractivity contribution in [2.45, 2.75) is 20.0 Å². The SMILES string of the molecule is Cc1ccc(Nc2cc(C(=O)Nc3ccccc3C(F)(F)F)nc(C)n2)cc1. The zero-order valence-electron chi connectivity index (χ0n) is 15.1. The number of carbonyl (C=O) groups excluding carboxylic acids is 1. The number of para-hydroxylation sites is 1. The summed E-state index contributed by atoms with van der Waals surface area (Å²) in [7, 11) is 0. The number of nitrogens with zero attached hydrogens (tertiary/aromatic N) is 2. The molecule has 8 heteroatoms. The Morgan fingerprint density at radius 2 is 1.64 bits per heavy atom. The summed E-state index contributed by atoms with van der Waals surface area (Å²) in [5.74, 6) is -0.0777. The third-order valence-corrected chi connectivity index (χ3v) is 3.88. The number of carbonyl (C=O) groups is 1.